The second-order valence-corrected chi connectivity index (χ2v) is 22.5. The number of urea groups is 2. The molecule has 0 radical (unpaired) electrons. The van der Waals surface area contributed by atoms with Crippen molar-refractivity contribution in [1.29, 1.82) is 0 Å². The Bertz CT molecular complexity index is 1100. The van der Waals surface area contributed by atoms with Gasteiger partial charge in [0.15, 0.2) is 0 Å². The Morgan fingerprint density at radius 3 is 0.516 bits per heavy atom. The van der Waals surface area contributed by atoms with Gasteiger partial charge in [-0.3, -0.25) is 0 Å². The third-order valence-electron chi connectivity index (χ3n) is 7.26. The molecule has 0 rings (SSSR count). The average Bonchev–Trinajstić information content (AvgIpc) is 3.07. The molecule has 0 bridgehead atoms. The Hall–Kier alpha value is -1.96. The Balaban J connectivity index is -0.0000000741. The van der Waals surface area contributed by atoms with Gasteiger partial charge in [0.25, 0.3) is 20.4 Å². The van der Waals surface area contributed by atoms with Gasteiger partial charge in [-0.2, -0.15) is 34.1 Å². The molecule has 0 aromatic heterocycles. The molecule has 62 heavy (non-hydrogen) atoms. The number of carbonyl (C=O) groups excluding carboxylic acids is 2. The summed E-state index contributed by atoms with van der Waals surface area (Å²) in [6, 6.07) is 0.0370. The zero-order valence-electron chi connectivity index (χ0n) is 46.9. The predicted molar refractivity (Wildman–Crippen MR) is 270 cm³/mol. The number of carbonyl (C=O) groups is 2. The second-order valence-electron chi connectivity index (χ2n) is 17.8. The second kappa shape index (κ2) is 41.7. The van der Waals surface area contributed by atoms with E-state index in [4.69, 9.17) is 0 Å². The van der Waals surface area contributed by atoms with Crippen molar-refractivity contribution < 1.29 is 31.5 Å². The Morgan fingerprint density at radius 1 is 0.387 bits per heavy atom. The minimum absolute atomic E-state index is 0.0185. The van der Waals surface area contributed by atoms with Gasteiger partial charge in [-0.15, -0.1) is 0 Å². The number of hydrogen-bond donors (Lipinski definition) is 1. The summed E-state index contributed by atoms with van der Waals surface area (Å²) in [5, 5.41) is 9.67. The number of aliphatic hydroxyl groups is 1. The minimum Gasteiger partial charge on any atom is -0.389 e. The zero-order chi connectivity index (χ0) is 53.1. The van der Waals surface area contributed by atoms with Gasteiger partial charge < -0.3 is 49.2 Å². The monoisotopic (exact) mass is 946 g/mol. The highest BCUT2D eigenvalue weighted by atomic mass is 32.2. The molecule has 386 valence electrons. The summed E-state index contributed by atoms with van der Waals surface area (Å²) < 4.78 is 48.2. The van der Waals surface area contributed by atoms with Crippen LogP contribution in [0.3, 0.4) is 0 Å². The van der Waals surface area contributed by atoms with Crippen molar-refractivity contribution in [3.8, 4) is 0 Å². The molecule has 0 saturated carbocycles. The van der Waals surface area contributed by atoms with Gasteiger partial charge in [0.05, 0.1) is 5.60 Å². The highest BCUT2D eigenvalue weighted by molar-refractivity contribution is 7.86. The lowest BCUT2D eigenvalue weighted by molar-refractivity contribution is -0.0531. The van der Waals surface area contributed by atoms with E-state index in [1.807, 2.05) is 98.8 Å². The van der Waals surface area contributed by atoms with Crippen molar-refractivity contribution in [1.82, 2.24) is 61.3 Å². The van der Waals surface area contributed by atoms with Gasteiger partial charge in [0.2, 0.25) is 0 Å². The lowest BCUT2D eigenvalue weighted by Gasteiger charge is -2.42. The van der Waals surface area contributed by atoms with Crippen molar-refractivity contribution >= 4 is 32.5 Å². The van der Waals surface area contributed by atoms with Gasteiger partial charge in [-0.05, 0) is 125 Å². The quantitative estimate of drug-likeness (QED) is 0.376. The number of rotatable bonds is 8. The maximum absolute atomic E-state index is 10.9. The van der Waals surface area contributed by atoms with Crippen LogP contribution in [-0.4, -0.2) is 317 Å². The van der Waals surface area contributed by atoms with E-state index in [-0.39, 0.29) is 17.6 Å². The first kappa shape index (κ1) is 80.3. The number of likely N-dealkylation sites (N-methyl/N-ethyl adjacent to an activating group) is 1. The molecule has 1 N–H and O–H groups in total. The SMILES string of the molecule is CCN(C)C.CCN(C)C.CN(C)C.CN(C)C.CN(C)C(=O)N(C)C.CN(C)C(=O)N(C)C.CN(C)C(C)(C)C(C)(C)O.CN(C)S(=O)(=O)N(C)C.CN(C)S(=O)(=O)N(C)C. The van der Waals surface area contributed by atoms with Crippen molar-refractivity contribution in [3.63, 3.8) is 0 Å². The first-order valence-electron chi connectivity index (χ1n) is 20.0. The molecule has 20 nitrogen and oxygen atoms in total. The predicted octanol–water partition coefficient (Wildman–Crippen LogP) is 1.76. The first-order valence-corrected chi connectivity index (χ1v) is 22.8. The fourth-order valence-corrected chi connectivity index (χ4v) is 3.31. The number of hydrogen-bond acceptors (Lipinski definition) is 12. The lowest BCUT2D eigenvalue weighted by atomic mass is 9.85. The van der Waals surface area contributed by atoms with Crippen LogP contribution < -0.4 is 0 Å². The molecule has 0 aliphatic rings. The van der Waals surface area contributed by atoms with E-state index in [0.29, 0.717) is 0 Å². The summed E-state index contributed by atoms with van der Waals surface area (Å²) in [5.74, 6) is 0. The van der Waals surface area contributed by atoms with Crippen molar-refractivity contribution in [2.75, 3.05) is 210 Å². The summed E-state index contributed by atoms with van der Waals surface area (Å²) in [6.45, 7) is 14.2. The van der Waals surface area contributed by atoms with Gasteiger partial charge in [0, 0.05) is 118 Å². The van der Waals surface area contributed by atoms with Crippen LogP contribution in [-0.2, 0) is 20.4 Å². The fourth-order valence-electron chi connectivity index (χ4n) is 2.00. The summed E-state index contributed by atoms with van der Waals surface area (Å²) >= 11 is 0. The Labute approximate surface area is 387 Å². The summed E-state index contributed by atoms with van der Waals surface area (Å²) in [6.07, 6.45) is 0. The van der Waals surface area contributed by atoms with Crippen LogP contribution in [0.5, 0.6) is 0 Å². The van der Waals surface area contributed by atoms with Crippen molar-refractivity contribution in [2.45, 2.75) is 52.7 Å². The molecule has 0 unspecified atom stereocenters. The third-order valence-corrected chi connectivity index (χ3v) is 10.9. The maximum atomic E-state index is 10.9. The molecule has 0 spiro atoms. The van der Waals surface area contributed by atoms with Gasteiger partial charge >= 0.3 is 12.1 Å². The zero-order valence-corrected chi connectivity index (χ0v) is 48.6. The highest BCUT2D eigenvalue weighted by Gasteiger charge is 2.36. The van der Waals surface area contributed by atoms with Crippen molar-refractivity contribution in [3.05, 3.63) is 0 Å². The van der Waals surface area contributed by atoms with E-state index in [1.165, 1.54) is 76.0 Å². The molecule has 0 aliphatic carbocycles. The molecule has 0 fully saturated rings. The van der Waals surface area contributed by atoms with Crippen LogP contribution >= 0.6 is 0 Å². The van der Waals surface area contributed by atoms with E-state index < -0.39 is 26.0 Å². The van der Waals surface area contributed by atoms with E-state index >= 15 is 0 Å². The number of nitrogens with zero attached hydrogens (tertiary/aromatic N) is 13. The van der Waals surface area contributed by atoms with Crippen LogP contribution in [0, 0.1) is 0 Å². The molecule has 4 amide bonds. The fraction of sp³-hybridized carbons (Fsp3) is 0.950. The van der Waals surface area contributed by atoms with Crippen LogP contribution in [0.4, 0.5) is 9.59 Å². The molecule has 0 aromatic carbocycles. The van der Waals surface area contributed by atoms with Crippen LogP contribution in [0.15, 0.2) is 0 Å². The minimum atomic E-state index is -3.15. The standard InChI is InChI=1S/C8H19NO.2C5H12N2O.2C4H12N2O2S.2C4H11N.2C3H9N/c1-7(2,9(5)6)8(3,4)10;2*1-6(2)5(8)7(3)4;2*1-5(2)9(7,8)6(3)4;2*1-4-5(2)3;2*1-4(2)3/h10H,1-6H3;2*1-4H3;2*1-4H3;2*4H2,1-3H3;2*1-3H3. The normalized spacial score (nSPS) is 11.0. The molecular weight excluding hydrogens is 839 g/mol. The third kappa shape index (κ3) is 58.0. The molecule has 0 aliphatic heterocycles. The smallest absolute Gasteiger partial charge is 0.318 e. The maximum Gasteiger partial charge on any atom is 0.318 e. The summed E-state index contributed by atoms with van der Waals surface area (Å²) in [7, 11) is 43.6. The van der Waals surface area contributed by atoms with Crippen molar-refractivity contribution in [2.24, 2.45) is 0 Å². The molecule has 0 saturated heterocycles. The van der Waals surface area contributed by atoms with Crippen LogP contribution in [0.25, 0.3) is 0 Å². The summed E-state index contributed by atoms with van der Waals surface area (Å²) in [5.41, 5.74) is -0.830. The van der Waals surface area contributed by atoms with Gasteiger partial charge in [-0.25, -0.2) is 9.59 Å². The lowest BCUT2D eigenvalue weighted by Crippen LogP contribution is -2.54. The van der Waals surface area contributed by atoms with Crippen LogP contribution in [0.2, 0.25) is 0 Å². The van der Waals surface area contributed by atoms with Crippen LogP contribution in [0.1, 0.15) is 41.5 Å². The Morgan fingerprint density at radius 2 is 0.516 bits per heavy atom. The molecule has 0 atom stereocenters. The first-order chi connectivity index (χ1) is 27.1. The molecule has 0 aromatic rings. The molecule has 22 heteroatoms. The summed E-state index contributed by atoms with van der Waals surface area (Å²) in [4.78, 5) is 37.8. The highest BCUT2D eigenvalue weighted by Crippen LogP contribution is 2.24. The largest absolute Gasteiger partial charge is 0.389 e. The average molecular weight is 947 g/mol. The van der Waals surface area contributed by atoms with E-state index in [9.17, 15) is 31.5 Å². The van der Waals surface area contributed by atoms with E-state index in [2.05, 4.69) is 51.8 Å². The molecule has 0 heterocycles. The van der Waals surface area contributed by atoms with Gasteiger partial charge in [0.1, 0.15) is 0 Å². The van der Waals surface area contributed by atoms with Gasteiger partial charge in [-0.1, -0.05) is 13.8 Å². The Kier molecular flexibility index (Phi) is 54.1. The van der Waals surface area contributed by atoms with E-state index in [0.717, 1.165) is 30.3 Å². The van der Waals surface area contributed by atoms with E-state index in [1.54, 1.807) is 56.4 Å². The topological polar surface area (TPSA) is 165 Å². The molecular formula is C40H107N13O7S2. The number of amides is 4.